The van der Waals surface area contributed by atoms with E-state index in [0.29, 0.717) is 0 Å². The van der Waals surface area contributed by atoms with E-state index in [9.17, 15) is 22.8 Å². The average molecular weight is 274 g/mol. The van der Waals surface area contributed by atoms with Crippen LogP contribution in [0.1, 0.15) is 16.8 Å². The molecule has 1 heterocycles. The lowest BCUT2D eigenvalue weighted by Gasteiger charge is -2.06. The van der Waals surface area contributed by atoms with Crippen molar-refractivity contribution in [2.24, 2.45) is 0 Å². The van der Waals surface area contributed by atoms with E-state index >= 15 is 0 Å². The molecule has 0 aliphatic carbocycles. The summed E-state index contributed by atoms with van der Waals surface area (Å²) >= 11 is 0. The summed E-state index contributed by atoms with van der Waals surface area (Å²) in [5, 5.41) is 8.78. The van der Waals surface area contributed by atoms with Gasteiger partial charge in [-0.1, -0.05) is 0 Å². The number of nitrogens with one attached hydrogen (secondary N) is 1. The number of carboxylic acid groups (broad SMARTS) is 1. The first kappa shape index (κ1) is 13.2. The fourth-order valence-corrected chi connectivity index (χ4v) is 1.76. The number of carbonyl (C=O) groups is 1. The summed E-state index contributed by atoms with van der Waals surface area (Å²) < 4.78 is 37.4. The number of rotatable bonds is 3. The zero-order valence-electron chi connectivity index (χ0n) is 9.49. The average Bonchev–Trinajstić information content (AvgIpc) is 2.59. The van der Waals surface area contributed by atoms with E-state index in [2.05, 4.69) is 4.98 Å². The number of imidazole rings is 1. The molecular formula is C11H9F3N2O3. The predicted molar refractivity (Wildman–Crippen MR) is 60.2 cm³/mol. The molecule has 19 heavy (non-hydrogen) atoms. The van der Waals surface area contributed by atoms with Crippen LogP contribution in [0.15, 0.2) is 23.0 Å². The number of carboxylic acids is 1. The van der Waals surface area contributed by atoms with Crippen molar-refractivity contribution in [3.63, 3.8) is 0 Å². The van der Waals surface area contributed by atoms with Crippen molar-refractivity contribution in [1.82, 2.24) is 9.55 Å². The van der Waals surface area contributed by atoms with Crippen LogP contribution in [0.3, 0.4) is 0 Å². The maximum absolute atomic E-state index is 12.1. The first-order chi connectivity index (χ1) is 8.78. The van der Waals surface area contributed by atoms with E-state index in [4.69, 9.17) is 5.11 Å². The Balaban J connectivity index is 2.43. The molecule has 0 amide bonds. The number of aromatic carboxylic acids is 1. The maximum atomic E-state index is 12.1. The van der Waals surface area contributed by atoms with Gasteiger partial charge in [-0.05, 0) is 18.2 Å². The molecule has 0 saturated heterocycles. The Hall–Kier alpha value is -2.25. The summed E-state index contributed by atoms with van der Waals surface area (Å²) in [5.74, 6) is -1.18. The maximum Gasteiger partial charge on any atom is 0.390 e. The third-order valence-electron chi connectivity index (χ3n) is 2.64. The Kier molecular flexibility index (Phi) is 3.09. The summed E-state index contributed by atoms with van der Waals surface area (Å²) in [6.07, 6.45) is -5.48. The van der Waals surface area contributed by atoms with Crippen LogP contribution in [0.2, 0.25) is 0 Å². The molecule has 0 unspecified atom stereocenters. The molecule has 0 saturated carbocycles. The Labute approximate surface area is 104 Å². The zero-order chi connectivity index (χ0) is 14.2. The Morgan fingerprint density at radius 2 is 2.05 bits per heavy atom. The normalized spacial score (nSPS) is 11.9. The second kappa shape index (κ2) is 4.45. The van der Waals surface area contributed by atoms with Gasteiger partial charge in [0.15, 0.2) is 0 Å². The highest BCUT2D eigenvalue weighted by molar-refractivity contribution is 5.92. The van der Waals surface area contributed by atoms with Gasteiger partial charge in [0.2, 0.25) is 0 Å². The first-order valence-electron chi connectivity index (χ1n) is 5.30. The van der Waals surface area contributed by atoms with Gasteiger partial charge in [0, 0.05) is 6.54 Å². The van der Waals surface area contributed by atoms with Crippen molar-refractivity contribution in [2.45, 2.75) is 19.1 Å². The topological polar surface area (TPSA) is 75.1 Å². The minimum absolute atomic E-state index is 0.0447. The third-order valence-corrected chi connectivity index (χ3v) is 2.64. The molecule has 0 bridgehead atoms. The first-order valence-corrected chi connectivity index (χ1v) is 5.30. The summed E-state index contributed by atoms with van der Waals surface area (Å²) in [5.41, 5.74) is -0.287. The molecule has 1 aromatic carbocycles. The van der Waals surface area contributed by atoms with Crippen LogP contribution in [-0.4, -0.2) is 26.8 Å². The van der Waals surface area contributed by atoms with Gasteiger partial charge in [0.05, 0.1) is 23.0 Å². The molecule has 0 atom stereocenters. The predicted octanol–water partition coefficient (Wildman–Crippen LogP) is 1.98. The number of aryl methyl sites for hydroxylation is 1. The smallest absolute Gasteiger partial charge is 0.390 e. The molecule has 0 radical (unpaired) electrons. The van der Waals surface area contributed by atoms with Crippen LogP contribution in [-0.2, 0) is 6.54 Å². The van der Waals surface area contributed by atoms with Crippen molar-refractivity contribution >= 4 is 17.0 Å². The van der Waals surface area contributed by atoms with Crippen molar-refractivity contribution in [3.8, 4) is 0 Å². The molecule has 0 fully saturated rings. The summed E-state index contributed by atoms with van der Waals surface area (Å²) in [6.45, 7) is -0.505. The quantitative estimate of drug-likeness (QED) is 0.898. The number of aromatic amines is 1. The summed E-state index contributed by atoms with van der Waals surface area (Å²) in [6, 6.07) is 3.76. The van der Waals surface area contributed by atoms with E-state index in [0.717, 1.165) is 4.57 Å². The lowest BCUT2D eigenvalue weighted by molar-refractivity contribution is -0.136. The monoisotopic (exact) mass is 274 g/mol. The molecule has 102 valence electrons. The number of benzene rings is 1. The fraction of sp³-hybridized carbons (Fsp3) is 0.273. The second-order valence-corrected chi connectivity index (χ2v) is 3.98. The molecule has 0 spiro atoms. The second-order valence-electron chi connectivity index (χ2n) is 3.98. The highest BCUT2D eigenvalue weighted by atomic mass is 19.4. The molecule has 5 nitrogen and oxygen atoms in total. The van der Waals surface area contributed by atoms with Crippen molar-refractivity contribution in [2.75, 3.05) is 0 Å². The van der Waals surface area contributed by atoms with Crippen LogP contribution in [0.4, 0.5) is 13.2 Å². The molecule has 8 heteroatoms. The van der Waals surface area contributed by atoms with Gasteiger partial charge in [-0.15, -0.1) is 0 Å². The third kappa shape index (κ3) is 2.78. The number of fused-ring (bicyclic) bond motifs is 1. The van der Waals surface area contributed by atoms with Gasteiger partial charge in [0.1, 0.15) is 0 Å². The van der Waals surface area contributed by atoms with E-state index in [-0.39, 0.29) is 16.6 Å². The summed E-state index contributed by atoms with van der Waals surface area (Å²) in [7, 11) is 0. The van der Waals surface area contributed by atoms with Crippen molar-refractivity contribution in [3.05, 3.63) is 34.2 Å². The van der Waals surface area contributed by atoms with E-state index in [1.54, 1.807) is 0 Å². The fourth-order valence-electron chi connectivity index (χ4n) is 1.76. The van der Waals surface area contributed by atoms with Crippen molar-refractivity contribution < 1.29 is 23.1 Å². The lowest BCUT2D eigenvalue weighted by atomic mass is 10.2. The van der Waals surface area contributed by atoms with Gasteiger partial charge in [-0.2, -0.15) is 13.2 Å². The zero-order valence-corrected chi connectivity index (χ0v) is 9.49. The number of alkyl halides is 3. The van der Waals surface area contributed by atoms with E-state index in [1.807, 2.05) is 0 Å². The molecule has 0 aliphatic heterocycles. The minimum Gasteiger partial charge on any atom is -0.478 e. The minimum atomic E-state index is -4.36. The molecule has 2 rings (SSSR count). The van der Waals surface area contributed by atoms with E-state index in [1.165, 1.54) is 18.2 Å². The molecule has 0 aliphatic rings. The Bertz CT molecular complexity index is 685. The van der Waals surface area contributed by atoms with Crippen molar-refractivity contribution in [1.29, 1.82) is 0 Å². The lowest BCUT2D eigenvalue weighted by Crippen LogP contribution is -2.20. The number of aromatic nitrogens is 2. The summed E-state index contributed by atoms with van der Waals surface area (Å²) in [4.78, 5) is 24.6. The molecular weight excluding hydrogens is 265 g/mol. The van der Waals surface area contributed by atoms with Crippen LogP contribution in [0, 0.1) is 0 Å². The van der Waals surface area contributed by atoms with Gasteiger partial charge >= 0.3 is 17.8 Å². The van der Waals surface area contributed by atoms with Crippen LogP contribution < -0.4 is 5.69 Å². The number of H-pyrrole nitrogens is 1. The van der Waals surface area contributed by atoms with Gasteiger partial charge in [-0.25, -0.2) is 9.59 Å². The van der Waals surface area contributed by atoms with E-state index < -0.39 is 30.8 Å². The largest absolute Gasteiger partial charge is 0.478 e. The number of halogens is 3. The van der Waals surface area contributed by atoms with Crippen LogP contribution in [0.25, 0.3) is 11.0 Å². The standard InChI is InChI=1S/C11H9F3N2O3/c12-11(13,14)3-4-16-8-2-1-6(9(17)18)5-7(8)15-10(16)19/h1-2,5H,3-4H2,(H,15,19)(H,17,18). The van der Waals surface area contributed by atoms with Gasteiger partial charge in [0.25, 0.3) is 0 Å². The Morgan fingerprint density at radius 3 is 2.63 bits per heavy atom. The highest BCUT2D eigenvalue weighted by Crippen LogP contribution is 2.21. The molecule has 2 N–H and O–H groups in total. The van der Waals surface area contributed by atoms with Crippen LogP contribution in [0.5, 0.6) is 0 Å². The highest BCUT2D eigenvalue weighted by Gasteiger charge is 2.27. The number of nitrogens with zero attached hydrogens (tertiary/aromatic N) is 1. The SMILES string of the molecule is O=C(O)c1ccc2c(c1)[nH]c(=O)n2CCC(F)(F)F. The van der Waals surface area contributed by atoms with Gasteiger partial charge in [-0.3, -0.25) is 4.57 Å². The van der Waals surface area contributed by atoms with Crippen LogP contribution >= 0.6 is 0 Å². The van der Waals surface area contributed by atoms with Gasteiger partial charge < -0.3 is 10.1 Å². The molecule has 2 aromatic rings. The molecule has 1 aromatic heterocycles. The number of hydrogen-bond acceptors (Lipinski definition) is 2. The Morgan fingerprint density at radius 1 is 1.37 bits per heavy atom. The number of hydrogen-bond donors (Lipinski definition) is 2.